The van der Waals surface area contributed by atoms with Gasteiger partial charge in [0, 0.05) is 0 Å². The van der Waals surface area contributed by atoms with Gasteiger partial charge in [0.25, 0.3) is 5.91 Å². The van der Waals surface area contributed by atoms with E-state index in [1.165, 1.54) is 17.2 Å². The average Bonchev–Trinajstić information content (AvgIpc) is 3.51. The Labute approximate surface area is 216 Å². The zero-order chi connectivity index (χ0) is 26.2. The van der Waals surface area contributed by atoms with Crippen LogP contribution in [0.3, 0.4) is 0 Å². The lowest BCUT2D eigenvalue weighted by Crippen LogP contribution is -2.30. The molecular formula is C30H31NO6. The number of benzene rings is 2. The topological polar surface area (TPSA) is 89.2 Å². The second-order valence-electron chi connectivity index (χ2n) is 8.63. The number of aliphatic hydroxyl groups excluding tert-OH is 1. The number of amides is 1. The number of nitrogens with zero attached hydrogens (tertiary/aromatic N) is 1. The van der Waals surface area contributed by atoms with Crippen LogP contribution in [-0.2, 0) is 16.1 Å². The monoisotopic (exact) mass is 501 g/mol. The molecule has 1 N–H and O–H groups in total. The number of rotatable bonds is 12. The van der Waals surface area contributed by atoms with Gasteiger partial charge in [0.15, 0.2) is 23.0 Å². The summed E-state index contributed by atoms with van der Waals surface area (Å²) in [6.07, 6.45) is 6.46. The summed E-state index contributed by atoms with van der Waals surface area (Å²) in [6.45, 7) is 5.01. The predicted octanol–water partition coefficient (Wildman–Crippen LogP) is 6.04. The van der Waals surface area contributed by atoms with Crippen LogP contribution in [-0.4, -0.2) is 34.9 Å². The fraction of sp³-hybridized carbons (Fsp3) is 0.267. The van der Waals surface area contributed by atoms with E-state index in [-0.39, 0.29) is 12.1 Å². The lowest BCUT2D eigenvalue weighted by molar-refractivity contribution is -0.130. The number of hydrogen-bond donors (Lipinski definition) is 1. The van der Waals surface area contributed by atoms with Gasteiger partial charge in [-0.15, -0.1) is 0 Å². The predicted molar refractivity (Wildman–Crippen MR) is 140 cm³/mol. The Kier molecular flexibility index (Phi) is 8.46. The van der Waals surface area contributed by atoms with Crippen LogP contribution in [0, 0.1) is 0 Å². The van der Waals surface area contributed by atoms with Gasteiger partial charge in [-0.1, -0.05) is 55.8 Å². The van der Waals surface area contributed by atoms with E-state index in [0.29, 0.717) is 36.0 Å². The minimum absolute atomic E-state index is 0.00540. The highest BCUT2D eigenvalue weighted by Gasteiger charge is 2.43. The van der Waals surface area contributed by atoms with Gasteiger partial charge in [-0.2, -0.15) is 0 Å². The highest BCUT2D eigenvalue weighted by Crippen LogP contribution is 2.42. The first-order valence-corrected chi connectivity index (χ1v) is 12.5. The Bertz CT molecular complexity index is 1280. The number of ether oxygens (including phenoxy) is 2. The molecule has 7 nitrogen and oxygen atoms in total. The number of aliphatic hydroxyl groups is 1. The normalized spacial score (nSPS) is 15.6. The molecule has 1 atom stereocenters. The number of furan rings is 1. The second kappa shape index (κ2) is 12.1. The lowest BCUT2D eigenvalue weighted by atomic mass is 9.95. The van der Waals surface area contributed by atoms with Gasteiger partial charge in [-0.25, -0.2) is 0 Å². The first kappa shape index (κ1) is 25.8. The van der Waals surface area contributed by atoms with Crippen LogP contribution in [0.2, 0.25) is 0 Å². The summed E-state index contributed by atoms with van der Waals surface area (Å²) in [4.78, 5) is 28.0. The standard InChI is InChI=1S/C30H31NO6/c1-3-5-17-37-25-16-14-22(19-26(25)35-4-2)28-27(24(32)15-13-21-10-7-6-8-11-21)29(33)30(34)31(28)20-23-12-9-18-36-23/h6-16,18-19,28,33H,3-5,17,20H2,1-2H3/b15-13+. The Hall–Kier alpha value is -4.26. The number of carbonyl (C=O) groups is 2. The fourth-order valence-corrected chi connectivity index (χ4v) is 4.22. The Morgan fingerprint density at radius 1 is 1.05 bits per heavy atom. The van der Waals surface area contributed by atoms with Crippen LogP contribution in [0.1, 0.15) is 49.6 Å². The first-order chi connectivity index (χ1) is 18.0. The molecule has 1 aliphatic rings. The van der Waals surface area contributed by atoms with Crippen molar-refractivity contribution >= 4 is 17.8 Å². The minimum Gasteiger partial charge on any atom is -0.503 e. The fourth-order valence-electron chi connectivity index (χ4n) is 4.22. The molecule has 0 radical (unpaired) electrons. The third-order valence-corrected chi connectivity index (χ3v) is 6.04. The molecule has 0 aliphatic carbocycles. The first-order valence-electron chi connectivity index (χ1n) is 12.5. The maximum atomic E-state index is 13.4. The molecule has 0 spiro atoms. The molecule has 0 bridgehead atoms. The van der Waals surface area contributed by atoms with Gasteiger partial charge in [0.05, 0.1) is 37.6 Å². The molecule has 1 aliphatic heterocycles. The van der Waals surface area contributed by atoms with Crippen molar-refractivity contribution < 1.29 is 28.6 Å². The molecule has 37 heavy (non-hydrogen) atoms. The molecule has 192 valence electrons. The summed E-state index contributed by atoms with van der Waals surface area (Å²) in [5.41, 5.74) is 1.45. The van der Waals surface area contributed by atoms with E-state index < -0.39 is 23.5 Å². The smallest absolute Gasteiger partial charge is 0.290 e. The van der Waals surface area contributed by atoms with Gasteiger partial charge in [0.2, 0.25) is 0 Å². The van der Waals surface area contributed by atoms with Crippen molar-refractivity contribution in [2.24, 2.45) is 0 Å². The Morgan fingerprint density at radius 2 is 1.86 bits per heavy atom. The van der Waals surface area contributed by atoms with Crippen LogP contribution in [0.25, 0.3) is 6.08 Å². The van der Waals surface area contributed by atoms with Gasteiger partial charge in [-0.3, -0.25) is 9.59 Å². The van der Waals surface area contributed by atoms with Crippen LogP contribution >= 0.6 is 0 Å². The van der Waals surface area contributed by atoms with Crippen LogP contribution in [0.4, 0.5) is 0 Å². The number of carbonyl (C=O) groups excluding carboxylic acids is 2. The molecule has 0 saturated carbocycles. The van der Waals surface area contributed by atoms with Crippen molar-refractivity contribution in [3.05, 3.63) is 101 Å². The van der Waals surface area contributed by atoms with E-state index in [1.54, 1.807) is 36.4 Å². The maximum Gasteiger partial charge on any atom is 0.290 e. The van der Waals surface area contributed by atoms with Crippen molar-refractivity contribution in [3.8, 4) is 11.5 Å². The van der Waals surface area contributed by atoms with Crippen molar-refractivity contribution in [2.45, 2.75) is 39.3 Å². The molecule has 2 aromatic carbocycles. The quantitative estimate of drug-likeness (QED) is 0.241. The molecule has 2 heterocycles. The van der Waals surface area contributed by atoms with Crippen molar-refractivity contribution in [2.75, 3.05) is 13.2 Å². The van der Waals surface area contributed by atoms with Gasteiger partial charge >= 0.3 is 0 Å². The highest BCUT2D eigenvalue weighted by molar-refractivity contribution is 6.14. The van der Waals surface area contributed by atoms with E-state index in [0.717, 1.165) is 18.4 Å². The van der Waals surface area contributed by atoms with E-state index in [4.69, 9.17) is 13.9 Å². The number of allylic oxidation sites excluding steroid dienone is 1. The highest BCUT2D eigenvalue weighted by atomic mass is 16.5. The summed E-state index contributed by atoms with van der Waals surface area (Å²) in [6, 6.07) is 17.3. The maximum absolute atomic E-state index is 13.4. The van der Waals surface area contributed by atoms with Crippen LogP contribution in [0.15, 0.2) is 88.8 Å². The largest absolute Gasteiger partial charge is 0.503 e. The summed E-state index contributed by atoms with van der Waals surface area (Å²) >= 11 is 0. The zero-order valence-corrected chi connectivity index (χ0v) is 21.1. The van der Waals surface area contributed by atoms with Crippen LogP contribution in [0.5, 0.6) is 11.5 Å². The molecule has 1 aromatic heterocycles. The van der Waals surface area contributed by atoms with E-state index >= 15 is 0 Å². The average molecular weight is 502 g/mol. The molecule has 4 rings (SSSR count). The van der Waals surface area contributed by atoms with E-state index in [9.17, 15) is 14.7 Å². The van der Waals surface area contributed by atoms with Crippen LogP contribution < -0.4 is 9.47 Å². The molecule has 1 unspecified atom stereocenters. The molecule has 0 fully saturated rings. The molecule has 3 aromatic rings. The molecular weight excluding hydrogens is 470 g/mol. The van der Waals surface area contributed by atoms with Crippen molar-refractivity contribution in [1.29, 1.82) is 0 Å². The molecule has 0 saturated heterocycles. The summed E-state index contributed by atoms with van der Waals surface area (Å²) in [7, 11) is 0. The SMILES string of the molecule is CCCCOc1ccc(C2C(C(=O)/C=C/c3ccccc3)=C(O)C(=O)N2Cc2ccco2)cc1OCC. The number of ketones is 1. The van der Waals surface area contributed by atoms with Crippen molar-refractivity contribution in [1.82, 2.24) is 4.90 Å². The molecule has 7 heteroatoms. The minimum atomic E-state index is -0.838. The summed E-state index contributed by atoms with van der Waals surface area (Å²) in [5, 5.41) is 10.9. The van der Waals surface area contributed by atoms with Gasteiger partial charge in [-0.05, 0) is 54.8 Å². The lowest BCUT2D eigenvalue weighted by Gasteiger charge is -2.26. The number of hydrogen-bond acceptors (Lipinski definition) is 6. The summed E-state index contributed by atoms with van der Waals surface area (Å²) < 4.78 is 17.2. The Balaban J connectivity index is 1.73. The molecule has 1 amide bonds. The van der Waals surface area contributed by atoms with E-state index in [1.807, 2.05) is 37.3 Å². The third kappa shape index (κ3) is 5.94. The summed E-state index contributed by atoms with van der Waals surface area (Å²) in [5.74, 6) is -0.0303. The third-order valence-electron chi connectivity index (χ3n) is 6.04. The van der Waals surface area contributed by atoms with Crippen molar-refractivity contribution in [3.63, 3.8) is 0 Å². The Morgan fingerprint density at radius 3 is 2.57 bits per heavy atom. The zero-order valence-electron chi connectivity index (χ0n) is 21.1. The van der Waals surface area contributed by atoms with Gasteiger partial charge in [0.1, 0.15) is 5.76 Å². The second-order valence-corrected chi connectivity index (χ2v) is 8.63. The van der Waals surface area contributed by atoms with E-state index in [2.05, 4.69) is 6.92 Å². The number of unbranched alkanes of at least 4 members (excludes halogenated alkanes) is 1. The van der Waals surface area contributed by atoms with Gasteiger partial charge < -0.3 is 23.9 Å².